The average Bonchev–Trinajstić information content (AvgIpc) is 2.03. The number of hydrogen-bond donors (Lipinski definition) is 3. The van der Waals surface area contributed by atoms with Gasteiger partial charge >= 0.3 is 6.03 Å². The summed E-state index contributed by atoms with van der Waals surface area (Å²) in [5, 5.41) is 9.38. The van der Waals surface area contributed by atoms with Gasteiger partial charge in [-0.3, -0.25) is 9.69 Å². The Hall–Kier alpha value is -1.30. The van der Waals surface area contributed by atoms with Gasteiger partial charge in [-0.15, -0.1) is 0 Å². The molecule has 0 bridgehead atoms. The minimum absolute atomic E-state index is 0.179. The van der Waals surface area contributed by atoms with Crippen molar-refractivity contribution in [2.75, 3.05) is 6.54 Å². The fourth-order valence-corrected chi connectivity index (χ4v) is 1.46. The zero-order chi connectivity index (χ0) is 10.0. The van der Waals surface area contributed by atoms with Gasteiger partial charge in [0.25, 0.3) is 0 Å². The number of piperidine rings is 1. The number of primary amides is 2. The average molecular weight is 187 g/mol. The van der Waals surface area contributed by atoms with Crippen LogP contribution in [0.1, 0.15) is 12.8 Å². The van der Waals surface area contributed by atoms with Crippen molar-refractivity contribution < 1.29 is 14.7 Å². The first kappa shape index (κ1) is 9.79. The summed E-state index contributed by atoms with van der Waals surface area (Å²) in [6.07, 6.45) is -0.336. The summed E-state index contributed by atoms with van der Waals surface area (Å²) < 4.78 is 0. The first-order valence-electron chi connectivity index (χ1n) is 4.06. The summed E-state index contributed by atoms with van der Waals surface area (Å²) >= 11 is 0. The molecular formula is C7H13N3O3. The number of hydrogen-bond acceptors (Lipinski definition) is 3. The fourth-order valence-electron chi connectivity index (χ4n) is 1.46. The Morgan fingerprint density at radius 3 is 2.38 bits per heavy atom. The summed E-state index contributed by atoms with van der Waals surface area (Å²) in [5.41, 5.74) is 10.1. The van der Waals surface area contributed by atoms with E-state index in [2.05, 4.69) is 0 Å². The predicted octanol–water partition coefficient (Wildman–Crippen LogP) is -1.42. The molecule has 6 nitrogen and oxygen atoms in total. The molecule has 0 saturated carbocycles. The van der Waals surface area contributed by atoms with E-state index in [4.69, 9.17) is 11.5 Å². The Balaban J connectivity index is 2.56. The van der Waals surface area contributed by atoms with Gasteiger partial charge in [-0.05, 0) is 6.42 Å². The molecule has 1 heterocycles. The Kier molecular flexibility index (Phi) is 2.72. The summed E-state index contributed by atoms with van der Waals surface area (Å²) in [6, 6.07) is -0.671. The molecule has 3 amide bonds. The van der Waals surface area contributed by atoms with Crippen LogP contribution in [0.2, 0.25) is 0 Å². The van der Waals surface area contributed by atoms with E-state index in [-0.39, 0.29) is 18.9 Å². The summed E-state index contributed by atoms with van der Waals surface area (Å²) in [4.78, 5) is 22.6. The summed E-state index contributed by atoms with van der Waals surface area (Å²) in [6.45, 7) is 0.282. The molecule has 0 spiro atoms. The number of carbonyl (C=O) groups is 2. The van der Waals surface area contributed by atoms with E-state index < -0.39 is 18.2 Å². The molecule has 1 saturated heterocycles. The molecule has 74 valence electrons. The third-order valence-corrected chi connectivity index (χ3v) is 2.26. The van der Waals surface area contributed by atoms with Crippen molar-refractivity contribution in [3.8, 4) is 0 Å². The molecule has 0 radical (unpaired) electrons. The molecule has 2 atom stereocenters. The van der Waals surface area contributed by atoms with Crippen LogP contribution in [0, 0.1) is 5.92 Å². The summed E-state index contributed by atoms with van der Waals surface area (Å²) in [5.74, 6) is -0.797. The van der Waals surface area contributed by atoms with Crippen LogP contribution < -0.4 is 11.5 Å². The van der Waals surface area contributed by atoms with Crippen LogP contribution in [0.25, 0.3) is 0 Å². The van der Waals surface area contributed by atoms with Crippen LogP contribution in [-0.4, -0.2) is 34.7 Å². The van der Waals surface area contributed by atoms with Crippen molar-refractivity contribution in [2.24, 2.45) is 17.4 Å². The maximum atomic E-state index is 10.8. The molecule has 1 aliphatic heterocycles. The maximum absolute atomic E-state index is 10.8. The normalized spacial score (nSPS) is 28.5. The highest BCUT2D eigenvalue weighted by molar-refractivity contribution is 5.77. The molecule has 0 aromatic heterocycles. The molecule has 1 fully saturated rings. The second kappa shape index (κ2) is 3.61. The minimum atomic E-state index is -0.983. The standard InChI is InChI=1S/C7H13N3O3/c8-6(12)4-1-2-10(7(9)13)5(11)3-4/h4-5,11H,1-3H2,(H2,8,12)(H2,9,13). The second-order valence-electron chi connectivity index (χ2n) is 3.14. The highest BCUT2D eigenvalue weighted by Crippen LogP contribution is 2.20. The topological polar surface area (TPSA) is 110 Å². The lowest BCUT2D eigenvalue weighted by atomic mass is 9.95. The zero-order valence-corrected chi connectivity index (χ0v) is 7.14. The van der Waals surface area contributed by atoms with E-state index >= 15 is 0 Å². The van der Waals surface area contributed by atoms with Crippen molar-refractivity contribution >= 4 is 11.9 Å². The van der Waals surface area contributed by atoms with Gasteiger partial charge in [-0.1, -0.05) is 0 Å². The first-order chi connectivity index (χ1) is 6.02. The molecule has 2 unspecified atom stereocenters. The largest absolute Gasteiger partial charge is 0.373 e. The monoisotopic (exact) mass is 187 g/mol. The highest BCUT2D eigenvalue weighted by atomic mass is 16.3. The quantitative estimate of drug-likeness (QED) is 0.468. The van der Waals surface area contributed by atoms with Gasteiger partial charge in [0.1, 0.15) is 6.23 Å². The number of aliphatic hydroxyl groups excluding tert-OH is 1. The number of carbonyl (C=O) groups excluding carboxylic acids is 2. The first-order valence-corrected chi connectivity index (χ1v) is 4.06. The second-order valence-corrected chi connectivity index (χ2v) is 3.14. The third kappa shape index (κ3) is 2.09. The van der Waals surface area contributed by atoms with Crippen molar-refractivity contribution in [1.82, 2.24) is 4.90 Å². The molecule has 1 rings (SSSR count). The van der Waals surface area contributed by atoms with Crippen LogP contribution in [0.3, 0.4) is 0 Å². The lowest BCUT2D eigenvalue weighted by Gasteiger charge is -2.33. The van der Waals surface area contributed by atoms with Crippen LogP contribution >= 0.6 is 0 Å². The maximum Gasteiger partial charge on any atom is 0.316 e. The Bertz CT molecular complexity index is 231. The van der Waals surface area contributed by atoms with Crippen LogP contribution in [0.5, 0.6) is 0 Å². The van der Waals surface area contributed by atoms with Crippen molar-refractivity contribution in [3.63, 3.8) is 0 Å². The van der Waals surface area contributed by atoms with Gasteiger partial charge in [-0.2, -0.15) is 0 Å². The lowest BCUT2D eigenvalue weighted by molar-refractivity contribution is -0.126. The number of nitrogens with two attached hydrogens (primary N) is 2. The van der Waals surface area contributed by atoms with Crippen LogP contribution in [-0.2, 0) is 4.79 Å². The van der Waals surface area contributed by atoms with E-state index in [0.717, 1.165) is 4.90 Å². The van der Waals surface area contributed by atoms with Gasteiger partial charge in [0.2, 0.25) is 5.91 Å². The number of urea groups is 1. The van der Waals surface area contributed by atoms with E-state index in [0.29, 0.717) is 6.42 Å². The van der Waals surface area contributed by atoms with Crippen LogP contribution in [0.4, 0.5) is 4.79 Å². The minimum Gasteiger partial charge on any atom is -0.373 e. The van der Waals surface area contributed by atoms with Crippen molar-refractivity contribution in [2.45, 2.75) is 19.1 Å². The Morgan fingerprint density at radius 1 is 1.38 bits per heavy atom. The van der Waals surface area contributed by atoms with E-state index in [1.165, 1.54) is 0 Å². The molecule has 1 aliphatic rings. The Labute approximate surface area is 75.5 Å². The van der Waals surface area contributed by atoms with Gasteiger partial charge in [-0.25, -0.2) is 4.79 Å². The summed E-state index contributed by atoms with van der Waals surface area (Å²) in [7, 11) is 0. The number of nitrogens with zero attached hydrogens (tertiary/aromatic N) is 1. The number of aliphatic hydroxyl groups is 1. The molecule has 0 aliphatic carbocycles. The van der Waals surface area contributed by atoms with Crippen LogP contribution in [0.15, 0.2) is 0 Å². The van der Waals surface area contributed by atoms with Gasteiger partial charge in [0, 0.05) is 18.9 Å². The molecular weight excluding hydrogens is 174 g/mol. The van der Waals surface area contributed by atoms with Crippen molar-refractivity contribution in [3.05, 3.63) is 0 Å². The Morgan fingerprint density at radius 2 is 2.00 bits per heavy atom. The number of rotatable bonds is 1. The van der Waals surface area contributed by atoms with Gasteiger partial charge in [0.05, 0.1) is 0 Å². The molecule has 5 N–H and O–H groups in total. The van der Waals surface area contributed by atoms with Gasteiger partial charge < -0.3 is 16.6 Å². The molecule has 0 aromatic rings. The molecule has 6 heteroatoms. The van der Waals surface area contributed by atoms with E-state index in [1.54, 1.807) is 0 Å². The third-order valence-electron chi connectivity index (χ3n) is 2.26. The van der Waals surface area contributed by atoms with Gasteiger partial charge in [0.15, 0.2) is 0 Å². The molecule has 0 aromatic carbocycles. The highest BCUT2D eigenvalue weighted by Gasteiger charge is 2.31. The zero-order valence-electron chi connectivity index (χ0n) is 7.14. The van der Waals surface area contributed by atoms with E-state index in [9.17, 15) is 14.7 Å². The van der Waals surface area contributed by atoms with Crippen molar-refractivity contribution in [1.29, 1.82) is 0 Å². The lowest BCUT2D eigenvalue weighted by Crippen LogP contribution is -2.50. The smallest absolute Gasteiger partial charge is 0.316 e. The van der Waals surface area contributed by atoms with E-state index in [1.807, 2.05) is 0 Å². The molecule has 13 heavy (non-hydrogen) atoms. The predicted molar refractivity (Wildman–Crippen MR) is 44.2 cm³/mol. The fraction of sp³-hybridized carbons (Fsp3) is 0.714. The SMILES string of the molecule is NC(=O)C1CCN(C(N)=O)C(O)C1. The number of amides is 3. The number of likely N-dealkylation sites (tertiary alicyclic amines) is 1.